The van der Waals surface area contributed by atoms with Gasteiger partial charge in [0.25, 0.3) is 5.91 Å². The van der Waals surface area contributed by atoms with Crippen molar-refractivity contribution in [1.82, 2.24) is 4.90 Å². The van der Waals surface area contributed by atoms with E-state index in [1.165, 1.54) is 11.3 Å². The molecular weight excluding hydrogens is 262 g/mol. The Kier molecular flexibility index (Phi) is 4.47. The van der Waals surface area contributed by atoms with E-state index in [1.807, 2.05) is 16.3 Å². The Morgan fingerprint density at radius 1 is 1.53 bits per heavy atom. The molecule has 0 unspecified atom stereocenters. The molecule has 2 rings (SSSR count). The molecule has 0 atom stereocenters. The van der Waals surface area contributed by atoms with Gasteiger partial charge in [-0.1, -0.05) is 6.92 Å². The molecule has 0 saturated carbocycles. The van der Waals surface area contributed by atoms with Crippen LogP contribution in [0, 0.1) is 5.41 Å². The summed E-state index contributed by atoms with van der Waals surface area (Å²) in [5, 5.41) is 11.4. The number of hydrogen-bond acceptors (Lipinski definition) is 4. The quantitative estimate of drug-likeness (QED) is 0.923. The van der Waals surface area contributed by atoms with E-state index in [4.69, 9.17) is 4.74 Å². The molecule has 5 heteroatoms. The number of rotatable bonds is 4. The van der Waals surface area contributed by atoms with Crippen molar-refractivity contribution in [3.63, 3.8) is 0 Å². The van der Waals surface area contributed by atoms with Gasteiger partial charge in [-0.3, -0.25) is 4.79 Å². The molecule has 0 aliphatic carbocycles. The number of carbonyl (C=O) groups excluding carboxylic acids is 1. The zero-order valence-corrected chi connectivity index (χ0v) is 12.3. The first kappa shape index (κ1) is 14.3. The maximum atomic E-state index is 12.4. The number of nitrogens with zero attached hydrogens (tertiary/aromatic N) is 1. The van der Waals surface area contributed by atoms with E-state index in [9.17, 15) is 9.90 Å². The zero-order chi connectivity index (χ0) is 13.9. The van der Waals surface area contributed by atoms with E-state index in [0.29, 0.717) is 23.7 Å². The third-order valence-corrected chi connectivity index (χ3v) is 5.12. The summed E-state index contributed by atoms with van der Waals surface area (Å²) in [4.78, 5) is 15.0. The molecule has 0 aromatic carbocycles. The van der Waals surface area contributed by atoms with Crippen LogP contribution in [0.5, 0.6) is 5.75 Å². The Bertz CT molecular complexity index is 430. The van der Waals surface area contributed by atoms with Crippen molar-refractivity contribution < 1.29 is 14.6 Å². The zero-order valence-electron chi connectivity index (χ0n) is 11.5. The SMILES string of the molecule is CCC1(CO)CCN(C(=O)c2sccc2OC)CC1. The van der Waals surface area contributed by atoms with E-state index >= 15 is 0 Å². The lowest BCUT2D eigenvalue weighted by atomic mass is 9.77. The molecule has 1 aliphatic rings. The summed E-state index contributed by atoms with van der Waals surface area (Å²) >= 11 is 1.42. The van der Waals surface area contributed by atoms with Crippen LogP contribution in [0.3, 0.4) is 0 Å². The number of piperidine rings is 1. The van der Waals surface area contributed by atoms with Gasteiger partial charge >= 0.3 is 0 Å². The van der Waals surface area contributed by atoms with Crippen LogP contribution < -0.4 is 4.74 Å². The number of hydrogen-bond donors (Lipinski definition) is 1. The summed E-state index contributed by atoms with van der Waals surface area (Å²) in [7, 11) is 1.59. The molecule has 0 spiro atoms. The molecule has 4 nitrogen and oxygen atoms in total. The molecule has 1 aromatic rings. The monoisotopic (exact) mass is 283 g/mol. The topological polar surface area (TPSA) is 49.8 Å². The van der Waals surface area contributed by atoms with E-state index in [1.54, 1.807) is 7.11 Å². The van der Waals surface area contributed by atoms with Gasteiger partial charge in [0.2, 0.25) is 0 Å². The van der Waals surface area contributed by atoms with Gasteiger partial charge in [-0.05, 0) is 36.1 Å². The maximum absolute atomic E-state index is 12.4. The Morgan fingerprint density at radius 2 is 2.21 bits per heavy atom. The third kappa shape index (κ3) is 2.77. The molecule has 1 fully saturated rings. The summed E-state index contributed by atoms with van der Waals surface area (Å²) in [5.41, 5.74) is 0.0102. The minimum absolute atomic E-state index is 0.0102. The van der Waals surface area contributed by atoms with Crippen LogP contribution in [0.4, 0.5) is 0 Å². The first-order valence-electron chi connectivity index (χ1n) is 6.67. The second kappa shape index (κ2) is 5.92. The Morgan fingerprint density at radius 3 is 2.74 bits per heavy atom. The molecule has 106 valence electrons. The van der Waals surface area contributed by atoms with Gasteiger partial charge in [0.1, 0.15) is 10.6 Å². The van der Waals surface area contributed by atoms with Crippen LogP contribution in [0.15, 0.2) is 11.4 Å². The smallest absolute Gasteiger partial charge is 0.267 e. The summed E-state index contributed by atoms with van der Waals surface area (Å²) in [6.45, 7) is 3.76. The number of ether oxygens (including phenoxy) is 1. The molecule has 1 saturated heterocycles. The highest BCUT2D eigenvalue weighted by Gasteiger charge is 2.34. The van der Waals surface area contributed by atoms with E-state index in [-0.39, 0.29) is 17.9 Å². The van der Waals surface area contributed by atoms with Gasteiger partial charge in [0.05, 0.1) is 7.11 Å². The third-order valence-electron chi connectivity index (χ3n) is 4.24. The van der Waals surface area contributed by atoms with Crippen LogP contribution in [-0.4, -0.2) is 42.7 Å². The lowest BCUT2D eigenvalue weighted by Crippen LogP contribution is -2.44. The standard InChI is InChI=1S/C14H21NO3S/c1-3-14(10-16)5-7-15(8-6-14)13(17)12-11(18-2)4-9-19-12/h4,9,16H,3,5-8,10H2,1-2H3. The summed E-state index contributed by atoms with van der Waals surface area (Å²) in [6.07, 6.45) is 2.71. The highest BCUT2D eigenvalue weighted by Crippen LogP contribution is 2.35. The fraction of sp³-hybridized carbons (Fsp3) is 0.643. The summed E-state index contributed by atoms with van der Waals surface area (Å²) < 4.78 is 5.20. The Labute approximate surface area is 118 Å². The predicted molar refractivity (Wildman–Crippen MR) is 75.8 cm³/mol. The van der Waals surface area contributed by atoms with E-state index in [0.717, 1.165) is 19.3 Å². The first-order chi connectivity index (χ1) is 9.15. The summed E-state index contributed by atoms with van der Waals surface area (Å²) in [6, 6.07) is 1.83. The van der Waals surface area contributed by atoms with Gasteiger partial charge in [-0.2, -0.15) is 0 Å². The fourth-order valence-electron chi connectivity index (χ4n) is 2.57. The maximum Gasteiger partial charge on any atom is 0.267 e. The highest BCUT2D eigenvalue weighted by atomic mass is 32.1. The molecule has 1 amide bonds. The highest BCUT2D eigenvalue weighted by molar-refractivity contribution is 7.12. The van der Waals surface area contributed by atoms with Crippen LogP contribution >= 0.6 is 11.3 Å². The molecule has 1 N–H and O–H groups in total. The van der Waals surface area contributed by atoms with Crippen LogP contribution in [0.2, 0.25) is 0 Å². The second-order valence-electron chi connectivity index (χ2n) is 5.12. The number of likely N-dealkylation sites (tertiary alicyclic amines) is 1. The van der Waals surface area contributed by atoms with Crippen molar-refractivity contribution >= 4 is 17.2 Å². The normalized spacial score (nSPS) is 18.4. The Balaban J connectivity index is 2.04. The number of thiophene rings is 1. The minimum atomic E-state index is 0.0102. The fourth-order valence-corrected chi connectivity index (χ4v) is 3.39. The van der Waals surface area contributed by atoms with Gasteiger partial charge in [-0.15, -0.1) is 11.3 Å². The number of methoxy groups -OCH3 is 1. The second-order valence-corrected chi connectivity index (χ2v) is 6.04. The van der Waals surface area contributed by atoms with Crippen LogP contribution in [-0.2, 0) is 0 Å². The van der Waals surface area contributed by atoms with E-state index in [2.05, 4.69) is 6.92 Å². The average Bonchev–Trinajstić information content (AvgIpc) is 2.95. The largest absolute Gasteiger partial charge is 0.495 e. The molecule has 0 radical (unpaired) electrons. The number of aliphatic hydroxyl groups is 1. The van der Waals surface area contributed by atoms with Crippen molar-refractivity contribution in [3.8, 4) is 5.75 Å². The first-order valence-corrected chi connectivity index (χ1v) is 7.55. The van der Waals surface area contributed by atoms with Gasteiger partial charge in [0.15, 0.2) is 0 Å². The molecule has 1 aliphatic heterocycles. The number of aliphatic hydroxyl groups excluding tert-OH is 1. The van der Waals surface area contributed by atoms with Crippen molar-refractivity contribution in [3.05, 3.63) is 16.3 Å². The van der Waals surface area contributed by atoms with Gasteiger partial charge in [0, 0.05) is 19.7 Å². The molecular formula is C14H21NO3S. The van der Waals surface area contributed by atoms with Crippen molar-refractivity contribution in [1.29, 1.82) is 0 Å². The van der Waals surface area contributed by atoms with Crippen molar-refractivity contribution in [2.24, 2.45) is 5.41 Å². The summed E-state index contributed by atoms with van der Waals surface area (Å²) in [5.74, 6) is 0.707. The Hall–Kier alpha value is -1.07. The van der Waals surface area contributed by atoms with Crippen molar-refractivity contribution in [2.75, 3.05) is 26.8 Å². The molecule has 2 heterocycles. The lowest BCUT2D eigenvalue weighted by Gasteiger charge is -2.40. The van der Waals surface area contributed by atoms with Gasteiger partial charge in [-0.25, -0.2) is 0 Å². The van der Waals surface area contributed by atoms with E-state index < -0.39 is 0 Å². The predicted octanol–water partition coefficient (Wildman–Crippen LogP) is 2.38. The van der Waals surface area contributed by atoms with Crippen LogP contribution in [0.1, 0.15) is 35.9 Å². The number of carbonyl (C=O) groups is 1. The average molecular weight is 283 g/mol. The lowest BCUT2D eigenvalue weighted by molar-refractivity contribution is 0.0339. The van der Waals surface area contributed by atoms with Crippen molar-refractivity contribution in [2.45, 2.75) is 26.2 Å². The molecule has 1 aromatic heterocycles. The molecule has 19 heavy (non-hydrogen) atoms. The number of amides is 1. The van der Waals surface area contributed by atoms with Gasteiger partial charge < -0.3 is 14.7 Å². The molecule has 0 bridgehead atoms. The minimum Gasteiger partial charge on any atom is -0.495 e. The van der Waals surface area contributed by atoms with Crippen LogP contribution in [0.25, 0.3) is 0 Å².